The van der Waals surface area contributed by atoms with Crippen LogP contribution in [0, 0.1) is 5.82 Å². The van der Waals surface area contributed by atoms with Gasteiger partial charge >= 0.3 is 0 Å². The van der Waals surface area contributed by atoms with Crippen molar-refractivity contribution in [3.63, 3.8) is 0 Å². The quantitative estimate of drug-likeness (QED) is 0.820. The predicted molar refractivity (Wildman–Crippen MR) is 60.6 cm³/mol. The number of carbonyl (C=O) groups is 1. The molecular formula is C11H16FN3O. The summed E-state index contributed by atoms with van der Waals surface area (Å²) >= 11 is 0. The lowest BCUT2D eigenvalue weighted by molar-refractivity contribution is -0.115. The van der Waals surface area contributed by atoms with E-state index in [1.54, 1.807) is 0 Å². The lowest BCUT2D eigenvalue weighted by atomic mass is 10.1. The van der Waals surface area contributed by atoms with Gasteiger partial charge < -0.3 is 10.6 Å². The van der Waals surface area contributed by atoms with Crippen LogP contribution >= 0.6 is 0 Å². The Bertz CT molecular complexity index is 356. The summed E-state index contributed by atoms with van der Waals surface area (Å²) in [5.41, 5.74) is -0.117. The summed E-state index contributed by atoms with van der Waals surface area (Å²) in [7, 11) is 0. The van der Waals surface area contributed by atoms with Gasteiger partial charge in [-0.2, -0.15) is 0 Å². The van der Waals surface area contributed by atoms with Gasteiger partial charge in [-0.15, -0.1) is 0 Å². The average Bonchev–Trinajstić information content (AvgIpc) is 2.18. The summed E-state index contributed by atoms with van der Waals surface area (Å²) in [6, 6.07) is 2.67. The molecule has 1 heterocycles. The number of hydrogen-bond acceptors (Lipinski definition) is 3. The largest absolute Gasteiger partial charge is 0.310 e. The summed E-state index contributed by atoms with van der Waals surface area (Å²) in [5.74, 6) is -0.276. The van der Waals surface area contributed by atoms with Crippen molar-refractivity contribution in [3.8, 4) is 0 Å². The van der Waals surface area contributed by atoms with E-state index in [0.29, 0.717) is 5.82 Å². The molecule has 4 nitrogen and oxygen atoms in total. The number of hydrogen-bond donors (Lipinski definition) is 2. The van der Waals surface area contributed by atoms with Gasteiger partial charge in [-0.3, -0.25) is 4.79 Å². The molecule has 1 aromatic heterocycles. The Kier molecular flexibility index (Phi) is 3.95. The minimum Gasteiger partial charge on any atom is -0.310 e. The summed E-state index contributed by atoms with van der Waals surface area (Å²) in [4.78, 5) is 15.2. The highest BCUT2D eigenvalue weighted by molar-refractivity contribution is 5.91. The lowest BCUT2D eigenvalue weighted by Crippen LogP contribution is -2.41. The Hall–Kier alpha value is -1.49. The van der Waals surface area contributed by atoms with Crippen LogP contribution in [-0.2, 0) is 4.79 Å². The molecule has 0 aliphatic rings. The smallest absolute Gasteiger partial charge is 0.239 e. The van der Waals surface area contributed by atoms with Crippen molar-refractivity contribution in [2.24, 2.45) is 0 Å². The van der Waals surface area contributed by atoms with E-state index in [1.807, 2.05) is 20.8 Å². The van der Waals surface area contributed by atoms with E-state index >= 15 is 0 Å². The van der Waals surface area contributed by atoms with Crippen molar-refractivity contribution in [3.05, 3.63) is 24.1 Å². The number of nitrogens with zero attached hydrogens (tertiary/aromatic N) is 1. The molecule has 0 spiro atoms. The molecule has 2 N–H and O–H groups in total. The van der Waals surface area contributed by atoms with Crippen LogP contribution in [0.3, 0.4) is 0 Å². The number of halogens is 1. The lowest BCUT2D eigenvalue weighted by Gasteiger charge is -2.19. The summed E-state index contributed by atoms with van der Waals surface area (Å²) in [5, 5.41) is 5.60. The first-order valence-electron chi connectivity index (χ1n) is 5.03. The Morgan fingerprint density at radius 2 is 2.12 bits per heavy atom. The summed E-state index contributed by atoms with van der Waals surface area (Å²) in [6.45, 7) is 6.10. The second kappa shape index (κ2) is 5.03. The van der Waals surface area contributed by atoms with Gasteiger partial charge in [0.1, 0.15) is 11.6 Å². The third-order valence-corrected chi connectivity index (χ3v) is 1.77. The van der Waals surface area contributed by atoms with Crippen molar-refractivity contribution in [1.82, 2.24) is 10.3 Å². The molecule has 0 saturated carbocycles. The first-order chi connectivity index (χ1) is 7.37. The number of pyridine rings is 1. The van der Waals surface area contributed by atoms with Crippen LogP contribution in [-0.4, -0.2) is 23.0 Å². The highest BCUT2D eigenvalue weighted by atomic mass is 19.1. The molecule has 0 atom stereocenters. The van der Waals surface area contributed by atoms with E-state index in [2.05, 4.69) is 15.6 Å². The monoisotopic (exact) mass is 225 g/mol. The minimum absolute atomic E-state index is 0.117. The summed E-state index contributed by atoms with van der Waals surface area (Å²) < 4.78 is 12.5. The Morgan fingerprint density at radius 1 is 1.44 bits per heavy atom. The van der Waals surface area contributed by atoms with Crippen LogP contribution in [0.15, 0.2) is 18.3 Å². The third-order valence-electron chi connectivity index (χ3n) is 1.77. The number of rotatable bonds is 3. The molecule has 0 bridgehead atoms. The fraction of sp³-hybridized carbons (Fsp3) is 0.455. The second-order valence-corrected chi connectivity index (χ2v) is 4.51. The van der Waals surface area contributed by atoms with Crippen LogP contribution in [0.4, 0.5) is 10.2 Å². The second-order valence-electron chi connectivity index (χ2n) is 4.51. The minimum atomic E-state index is -0.425. The zero-order valence-electron chi connectivity index (χ0n) is 9.67. The Morgan fingerprint density at radius 3 is 2.62 bits per heavy atom. The number of amides is 1. The first-order valence-corrected chi connectivity index (χ1v) is 5.03. The van der Waals surface area contributed by atoms with Crippen LogP contribution in [0.1, 0.15) is 20.8 Å². The molecular weight excluding hydrogens is 209 g/mol. The fourth-order valence-corrected chi connectivity index (χ4v) is 0.982. The van der Waals surface area contributed by atoms with Gasteiger partial charge in [0.25, 0.3) is 0 Å². The summed E-state index contributed by atoms with van der Waals surface area (Å²) in [6.07, 6.45) is 1.06. The predicted octanol–water partition coefficient (Wildman–Crippen LogP) is 1.55. The normalized spacial score (nSPS) is 11.2. The van der Waals surface area contributed by atoms with Crippen LogP contribution in [0.25, 0.3) is 0 Å². The molecule has 0 aliphatic heterocycles. The van der Waals surface area contributed by atoms with Gasteiger partial charge in [-0.1, -0.05) is 0 Å². The van der Waals surface area contributed by atoms with Gasteiger partial charge in [-0.25, -0.2) is 9.37 Å². The van der Waals surface area contributed by atoms with Crippen molar-refractivity contribution >= 4 is 11.7 Å². The van der Waals surface area contributed by atoms with E-state index < -0.39 is 5.82 Å². The van der Waals surface area contributed by atoms with Crippen molar-refractivity contribution in [1.29, 1.82) is 0 Å². The van der Waals surface area contributed by atoms with E-state index in [-0.39, 0.29) is 18.0 Å². The Balaban J connectivity index is 2.43. The van der Waals surface area contributed by atoms with E-state index in [0.717, 1.165) is 6.20 Å². The maximum Gasteiger partial charge on any atom is 0.239 e. The van der Waals surface area contributed by atoms with Gasteiger partial charge in [0, 0.05) is 5.54 Å². The molecule has 0 aromatic carbocycles. The maximum absolute atomic E-state index is 12.5. The zero-order valence-corrected chi connectivity index (χ0v) is 9.67. The van der Waals surface area contributed by atoms with E-state index in [9.17, 15) is 9.18 Å². The number of nitrogens with one attached hydrogen (secondary N) is 2. The standard InChI is InChI=1S/C11H16FN3O/c1-11(2,3)14-7-10(16)15-9-5-4-8(12)6-13-9/h4-6,14H,7H2,1-3H3,(H,13,15,16). The topological polar surface area (TPSA) is 54.0 Å². The van der Waals surface area contributed by atoms with Crippen molar-refractivity contribution in [2.45, 2.75) is 26.3 Å². The Labute approximate surface area is 94.3 Å². The SMILES string of the molecule is CC(C)(C)NCC(=O)Nc1ccc(F)cn1. The molecule has 0 aliphatic carbocycles. The van der Waals surface area contributed by atoms with Gasteiger partial charge in [0.05, 0.1) is 12.7 Å². The van der Waals surface area contributed by atoms with Crippen LogP contribution in [0.5, 0.6) is 0 Å². The molecule has 88 valence electrons. The number of aromatic nitrogens is 1. The maximum atomic E-state index is 12.5. The molecule has 1 aromatic rings. The molecule has 0 saturated heterocycles. The molecule has 1 rings (SSSR count). The molecule has 0 radical (unpaired) electrons. The molecule has 5 heteroatoms. The molecule has 0 fully saturated rings. The third kappa shape index (κ3) is 4.84. The number of carbonyl (C=O) groups excluding carboxylic acids is 1. The van der Waals surface area contributed by atoms with Crippen LogP contribution < -0.4 is 10.6 Å². The highest BCUT2D eigenvalue weighted by Crippen LogP contribution is 2.03. The highest BCUT2D eigenvalue weighted by Gasteiger charge is 2.11. The number of anilines is 1. The van der Waals surface area contributed by atoms with Crippen molar-refractivity contribution in [2.75, 3.05) is 11.9 Å². The van der Waals surface area contributed by atoms with E-state index in [4.69, 9.17) is 0 Å². The van der Waals surface area contributed by atoms with Gasteiger partial charge in [-0.05, 0) is 32.9 Å². The molecule has 0 unspecified atom stereocenters. The van der Waals surface area contributed by atoms with Crippen LogP contribution in [0.2, 0.25) is 0 Å². The molecule has 16 heavy (non-hydrogen) atoms. The van der Waals surface area contributed by atoms with Gasteiger partial charge in [0.2, 0.25) is 5.91 Å². The van der Waals surface area contributed by atoms with Crippen molar-refractivity contribution < 1.29 is 9.18 Å². The fourth-order valence-electron chi connectivity index (χ4n) is 0.982. The molecule has 1 amide bonds. The zero-order chi connectivity index (χ0) is 12.2. The first kappa shape index (κ1) is 12.6. The van der Waals surface area contributed by atoms with Gasteiger partial charge in [0.15, 0.2) is 0 Å². The average molecular weight is 225 g/mol. The van der Waals surface area contributed by atoms with E-state index in [1.165, 1.54) is 12.1 Å².